The number of fused-ring (bicyclic) bond motifs is 5. The highest BCUT2D eigenvalue weighted by molar-refractivity contribution is 5.95. The highest BCUT2D eigenvalue weighted by Crippen LogP contribution is 2.47. The highest BCUT2D eigenvalue weighted by atomic mass is 16.5. The van der Waals surface area contributed by atoms with Crippen LogP contribution in [0, 0.1) is 11.8 Å². The van der Waals surface area contributed by atoms with Crippen LogP contribution in [0.2, 0.25) is 0 Å². The molecule has 2 aromatic heterocycles. The summed E-state index contributed by atoms with van der Waals surface area (Å²) in [6.07, 6.45) is 9.42. The van der Waals surface area contributed by atoms with Crippen molar-refractivity contribution in [2.45, 2.75) is 32.2 Å². The van der Waals surface area contributed by atoms with Gasteiger partial charge in [0.2, 0.25) is 0 Å². The number of hydrogen-bond acceptors (Lipinski definition) is 5. The molecule has 1 saturated heterocycles. The SMILES string of the molecule is CC[C@@H]1CN2CCc3c([nH]c4cccc(OC)c34)[C@@H]2C[C@@H]1/C(=C\OC)C(=O)n1ccnc1. The van der Waals surface area contributed by atoms with Crippen molar-refractivity contribution in [1.29, 1.82) is 0 Å². The van der Waals surface area contributed by atoms with Crippen molar-refractivity contribution in [3.05, 3.63) is 60.0 Å². The summed E-state index contributed by atoms with van der Waals surface area (Å²) in [5, 5.41) is 1.20. The number of nitrogens with one attached hydrogen (secondary N) is 1. The van der Waals surface area contributed by atoms with E-state index in [1.54, 1.807) is 43.8 Å². The molecule has 1 aromatic carbocycles. The minimum absolute atomic E-state index is 0.0596. The first-order valence-corrected chi connectivity index (χ1v) is 11.3. The van der Waals surface area contributed by atoms with E-state index >= 15 is 0 Å². The van der Waals surface area contributed by atoms with Gasteiger partial charge >= 0.3 is 0 Å². The minimum Gasteiger partial charge on any atom is -0.504 e. The summed E-state index contributed by atoms with van der Waals surface area (Å²) < 4.78 is 12.6. The third-order valence-corrected chi connectivity index (χ3v) is 7.24. The van der Waals surface area contributed by atoms with Crippen molar-refractivity contribution >= 4 is 16.8 Å². The Balaban J connectivity index is 1.55. The zero-order valence-electron chi connectivity index (χ0n) is 18.9. The van der Waals surface area contributed by atoms with Crippen LogP contribution >= 0.6 is 0 Å². The Bertz CT molecular complexity index is 1150. The van der Waals surface area contributed by atoms with Crippen molar-refractivity contribution in [2.75, 3.05) is 27.3 Å². The Labute approximate surface area is 188 Å². The summed E-state index contributed by atoms with van der Waals surface area (Å²) >= 11 is 0. The first kappa shape index (κ1) is 20.8. The molecule has 0 aliphatic carbocycles. The van der Waals surface area contributed by atoms with Gasteiger partial charge in [-0.2, -0.15) is 0 Å². The number of nitrogens with zero attached hydrogens (tertiary/aromatic N) is 3. The fraction of sp³-hybridized carbons (Fsp3) is 0.440. The van der Waals surface area contributed by atoms with E-state index in [4.69, 9.17) is 9.47 Å². The standard InChI is InChI=1S/C25H30N4O3/c1-4-16-13-28-10-8-17-23-20(6-5-7-22(23)32-3)27-24(17)21(28)12-18(16)19(14-31-2)25(30)29-11-9-26-15-29/h5-7,9,11,14-16,18,21,27H,4,8,10,12-13H2,1-3H3/b19-14+/t16-,18+,21+/m1/s1. The second-order valence-corrected chi connectivity index (χ2v) is 8.76. The number of benzene rings is 1. The van der Waals surface area contributed by atoms with E-state index in [-0.39, 0.29) is 17.9 Å². The Morgan fingerprint density at radius 3 is 2.94 bits per heavy atom. The maximum Gasteiger partial charge on any atom is 0.262 e. The lowest BCUT2D eigenvalue weighted by Crippen LogP contribution is -2.47. The summed E-state index contributed by atoms with van der Waals surface area (Å²) in [4.78, 5) is 23.7. The second-order valence-electron chi connectivity index (χ2n) is 8.76. The number of imidazole rings is 1. The molecule has 7 heteroatoms. The Morgan fingerprint density at radius 1 is 1.34 bits per heavy atom. The fourth-order valence-corrected chi connectivity index (χ4v) is 5.70. The Hall–Kier alpha value is -3.06. The number of aromatic nitrogens is 3. The number of methoxy groups -OCH3 is 2. The topological polar surface area (TPSA) is 72.4 Å². The zero-order valence-corrected chi connectivity index (χ0v) is 18.9. The normalized spacial score (nSPS) is 23.6. The molecule has 2 aliphatic heterocycles. The number of rotatable bonds is 5. The first-order valence-electron chi connectivity index (χ1n) is 11.3. The van der Waals surface area contributed by atoms with Crippen LogP contribution in [0.1, 0.15) is 41.9 Å². The molecule has 4 heterocycles. The van der Waals surface area contributed by atoms with E-state index in [2.05, 4.69) is 27.9 Å². The highest BCUT2D eigenvalue weighted by Gasteiger charge is 2.42. The molecule has 3 atom stereocenters. The van der Waals surface area contributed by atoms with E-state index in [0.717, 1.165) is 49.2 Å². The summed E-state index contributed by atoms with van der Waals surface area (Å²) in [7, 11) is 3.34. The van der Waals surface area contributed by atoms with E-state index in [0.29, 0.717) is 5.92 Å². The summed E-state index contributed by atoms with van der Waals surface area (Å²) in [5.41, 5.74) is 4.46. The molecular formula is C25H30N4O3. The number of carbonyl (C=O) groups is 1. The predicted octanol–water partition coefficient (Wildman–Crippen LogP) is 4.19. The molecule has 0 bridgehead atoms. The third kappa shape index (κ3) is 3.32. The predicted molar refractivity (Wildman–Crippen MR) is 123 cm³/mol. The lowest BCUT2D eigenvalue weighted by atomic mass is 9.74. The maximum absolute atomic E-state index is 13.3. The second kappa shape index (κ2) is 8.47. The van der Waals surface area contributed by atoms with Crippen molar-refractivity contribution in [3.8, 4) is 5.75 Å². The summed E-state index contributed by atoms with van der Waals surface area (Å²) in [5.74, 6) is 1.36. The molecular weight excluding hydrogens is 404 g/mol. The van der Waals surface area contributed by atoms with Gasteiger partial charge in [-0.1, -0.05) is 19.4 Å². The molecule has 0 amide bonds. The molecule has 0 radical (unpaired) electrons. The molecule has 0 saturated carbocycles. The number of H-pyrrole nitrogens is 1. The number of carbonyl (C=O) groups excluding carboxylic acids is 1. The average Bonchev–Trinajstić information content (AvgIpc) is 3.49. The number of allylic oxidation sites excluding steroid dienone is 1. The van der Waals surface area contributed by atoms with Gasteiger partial charge in [0, 0.05) is 42.1 Å². The van der Waals surface area contributed by atoms with E-state index < -0.39 is 0 Å². The van der Waals surface area contributed by atoms with Gasteiger partial charge < -0.3 is 14.5 Å². The smallest absolute Gasteiger partial charge is 0.262 e. The molecule has 7 nitrogen and oxygen atoms in total. The molecule has 1 N–H and O–H groups in total. The van der Waals surface area contributed by atoms with Crippen LogP contribution in [-0.2, 0) is 11.2 Å². The number of hydrogen-bond donors (Lipinski definition) is 1. The van der Waals surface area contributed by atoms with Gasteiger partial charge in [-0.15, -0.1) is 0 Å². The third-order valence-electron chi connectivity index (χ3n) is 7.24. The lowest BCUT2D eigenvalue weighted by Gasteiger charge is -2.46. The van der Waals surface area contributed by atoms with Gasteiger partial charge in [-0.05, 0) is 42.4 Å². The van der Waals surface area contributed by atoms with E-state index in [9.17, 15) is 4.79 Å². The molecule has 168 valence electrons. The van der Waals surface area contributed by atoms with Gasteiger partial charge in [-0.25, -0.2) is 4.98 Å². The zero-order chi connectivity index (χ0) is 22.2. The average molecular weight is 435 g/mol. The molecule has 3 aromatic rings. The maximum atomic E-state index is 13.3. The molecule has 32 heavy (non-hydrogen) atoms. The summed E-state index contributed by atoms with van der Waals surface area (Å²) in [6.45, 7) is 4.20. The monoisotopic (exact) mass is 434 g/mol. The van der Waals surface area contributed by atoms with Crippen molar-refractivity contribution in [1.82, 2.24) is 19.4 Å². The van der Waals surface area contributed by atoms with Crippen LogP contribution in [-0.4, -0.2) is 52.7 Å². The van der Waals surface area contributed by atoms with Gasteiger partial charge in [0.15, 0.2) is 0 Å². The molecule has 1 fully saturated rings. The number of piperidine rings is 1. The van der Waals surface area contributed by atoms with Crippen LogP contribution in [0.15, 0.2) is 48.8 Å². The van der Waals surface area contributed by atoms with Crippen LogP contribution < -0.4 is 4.74 Å². The lowest BCUT2D eigenvalue weighted by molar-refractivity contribution is 0.0576. The Morgan fingerprint density at radius 2 is 2.22 bits per heavy atom. The van der Waals surface area contributed by atoms with E-state index in [1.165, 1.54) is 16.6 Å². The minimum atomic E-state index is -0.0596. The quantitative estimate of drug-likeness (QED) is 0.482. The van der Waals surface area contributed by atoms with E-state index in [1.807, 2.05) is 12.1 Å². The van der Waals surface area contributed by atoms with Gasteiger partial charge in [0.05, 0.1) is 32.1 Å². The molecule has 5 rings (SSSR count). The fourth-order valence-electron chi connectivity index (χ4n) is 5.70. The molecule has 0 unspecified atom stereocenters. The van der Waals surface area contributed by atoms with Crippen molar-refractivity contribution in [3.63, 3.8) is 0 Å². The molecule has 2 aliphatic rings. The van der Waals surface area contributed by atoms with Crippen LogP contribution in [0.4, 0.5) is 0 Å². The van der Waals surface area contributed by atoms with Crippen LogP contribution in [0.25, 0.3) is 10.9 Å². The van der Waals surface area contributed by atoms with Gasteiger partial charge in [0.25, 0.3) is 5.91 Å². The van der Waals surface area contributed by atoms with Crippen molar-refractivity contribution in [2.24, 2.45) is 11.8 Å². The summed E-state index contributed by atoms with van der Waals surface area (Å²) in [6, 6.07) is 6.41. The van der Waals surface area contributed by atoms with Gasteiger partial charge in [0.1, 0.15) is 12.1 Å². The van der Waals surface area contributed by atoms with Crippen LogP contribution in [0.5, 0.6) is 5.75 Å². The van der Waals surface area contributed by atoms with Crippen molar-refractivity contribution < 1.29 is 14.3 Å². The molecule has 0 spiro atoms. The first-order chi connectivity index (χ1) is 15.7. The largest absolute Gasteiger partial charge is 0.504 e. The van der Waals surface area contributed by atoms with Gasteiger partial charge in [-0.3, -0.25) is 14.3 Å². The Kier molecular flexibility index (Phi) is 5.51. The van der Waals surface area contributed by atoms with Crippen LogP contribution in [0.3, 0.4) is 0 Å². The number of ether oxygens (including phenoxy) is 2. The number of aromatic amines is 1.